The van der Waals surface area contributed by atoms with Crippen molar-refractivity contribution < 1.29 is 27.5 Å². The van der Waals surface area contributed by atoms with Crippen LogP contribution in [-0.4, -0.2) is 34.5 Å². The third kappa shape index (κ3) is 5.40. The summed E-state index contributed by atoms with van der Waals surface area (Å²) in [5.74, 6) is -0.634. The number of alkyl halides is 3. The molecule has 1 aliphatic carbocycles. The number of nitrogen functional groups attached to an aromatic ring is 1. The fourth-order valence-electron chi connectivity index (χ4n) is 3.95. The van der Waals surface area contributed by atoms with Crippen molar-refractivity contribution in [3.63, 3.8) is 0 Å². The van der Waals surface area contributed by atoms with Crippen LogP contribution in [0.3, 0.4) is 0 Å². The minimum Gasteiger partial charge on any atom is -0.464 e. The van der Waals surface area contributed by atoms with Crippen molar-refractivity contribution in [2.45, 2.75) is 69.9 Å². The summed E-state index contributed by atoms with van der Waals surface area (Å²) in [7, 11) is -2.08. The molecule has 0 bridgehead atoms. The van der Waals surface area contributed by atoms with Gasteiger partial charge in [0.25, 0.3) is 0 Å². The van der Waals surface area contributed by atoms with E-state index in [9.17, 15) is 23.1 Å². The number of nitrogens with zero attached hydrogens (tertiary/aromatic N) is 4. The Balaban J connectivity index is 1.71. The van der Waals surface area contributed by atoms with Crippen LogP contribution in [0.4, 0.5) is 35.3 Å². The second-order valence-corrected chi connectivity index (χ2v) is 16.7. The highest BCUT2D eigenvalue weighted by molar-refractivity contribution is 7.15. The maximum atomic E-state index is 13.2. The lowest BCUT2D eigenvalue weighted by Gasteiger charge is -2.49. The molecule has 0 aliphatic heterocycles. The fourth-order valence-corrected chi connectivity index (χ4v) is 6.69. The van der Waals surface area contributed by atoms with Crippen LogP contribution in [0.5, 0.6) is 0 Å². The molecule has 0 saturated heterocycles. The van der Waals surface area contributed by atoms with Crippen molar-refractivity contribution in [3.8, 4) is 10.4 Å². The molecule has 0 atom stereocenters. The fraction of sp³-hybridized carbons (Fsp3) is 0.440. The smallest absolute Gasteiger partial charge is 0.433 e. The summed E-state index contributed by atoms with van der Waals surface area (Å²) in [6, 6.07) is 5.20. The number of amides is 1. The minimum atomic E-state index is -4.76. The summed E-state index contributed by atoms with van der Waals surface area (Å²) >= 11 is 1.44. The number of benzene rings is 1. The van der Waals surface area contributed by atoms with Gasteiger partial charge in [-0.1, -0.05) is 20.8 Å². The Morgan fingerprint density at radius 1 is 1.18 bits per heavy atom. The Kier molecular flexibility index (Phi) is 7.08. The lowest BCUT2D eigenvalue weighted by atomic mass is 9.81. The quantitative estimate of drug-likeness (QED) is 0.236. The molecule has 13 heteroatoms. The van der Waals surface area contributed by atoms with E-state index >= 15 is 0 Å². The van der Waals surface area contributed by atoms with Gasteiger partial charge in [-0.2, -0.15) is 13.2 Å². The van der Waals surface area contributed by atoms with Crippen molar-refractivity contribution in [2.24, 2.45) is 0 Å². The first-order chi connectivity index (χ1) is 17.5. The largest absolute Gasteiger partial charge is 0.464 e. The van der Waals surface area contributed by atoms with Crippen molar-refractivity contribution in [1.82, 2.24) is 15.0 Å². The van der Waals surface area contributed by atoms with Crippen LogP contribution in [0, 0.1) is 0 Å². The van der Waals surface area contributed by atoms with Crippen LogP contribution in [0.2, 0.25) is 18.1 Å². The van der Waals surface area contributed by atoms with Gasteiger partial charge in [0.15, 0.2) is 8.32 Å². The predicted octanol–water partition coefficient (Wildman–Crippen LogP) is 7.42. The number of halogens is 3. The average Bonchev–Trinajstić information content (AvgIpc) is 3.25. The van der Waals surface area contributed by atoms with Gasteiger partial charge in [-0.15, -0.1) is 11.3 Å². The van der Waals surface area contributed by atoms with E-state index in [4.69, 9.17) is 10.2 Å². The number of rotatable bonds is 6. The van der Waals surface area contributed by atoms with Crippen LogP contribution < -0.4 is 10.6 Å². The number of hydrogen-bond acceptors (Lipinski definition) is 7. The number of carbonyl (C=O) groups is 1. The molecule has 2 heterocycles. The number of nitrogens with two attached hydrogens (primary N) is 1. The van der Waals surface area contributed by atoms with Gasteiger partial charge in [-0.3, -0.25) is 0 Å². The normalized spacial score (nSPS) is 15.7. The molecule has 1 fully saturated rings. The van der Waals surface area contributed by atoms with Gasteiger partial charge in [0, 0.05) is 18.1 Å². The van der Waals surface area contributed by atoms with Crippen molar-refractivity contribution >= 4 is 43.1 Å². The molecule has 1 amide bonds. The monoisotopic (exact) mass is 565 g/mol. The predicted molar refractivity (Wildman–Crippen MR) is 143 cm³/mol. The SMILES string of the molecule is CC(C)(C)[Si](C)(C)OC1(c2ncc(-c3cc(N)cc(N(C(=O)O)c4nccc(C(F)(F)F)n4)c3)s2)CCC1. The topological polar surface area (TPSA) is 114 Å². The molecule has 3 aromatic rings. The van der Waals surface area contributed by atoms with Crippen molar-refractivity contribution in [3.05, 3.63) is 47.4 Å². The first-order valence-electron chi connectivity index (χ1n) is 12.0. The number of hydrogen-bond donors (Lipinski definition) is 2. The van der Waals surface area contributed by atoms with E-state index in [0.717, 1.165) is 35.3 Å². The van der Waals surface area contributed by atoms with E-state index in [0.29, 0.717) is 16.5 Å². The second kappa shape index (κ2) is 9.61. The Bertz CT molecular complexity index is 1350. The zero-order valence-electron chi connectivity index (χ0n) is 21.8. The zero-order valence-corrected chi connectivity index (χ0v) is 23.6. The zero-order chi connectivity index (χ0) is 28.1. The van der Waals surface area contributed by atoms with Crippen LogP contribution in [-0.2, 0) is 16.2 Å². The number of anilines is 3. The summed E-state index contributed by atoms with van der Waals surface area (Å²) in [6.45, 7) is 11.0. The summed E-state index contributed by atoms with van der Waals surface area (Å²) in [5.41, 5.74) is 5.20. The molecule has 1 aliphatic rings. The Morgan fingerprint density at radius 3 is 2.42 bits per heavy atom. The van der Waals surface area contributed by atoms with E-state index in [-0.39, 0.29) is 16.4 Å². The highest BCUT2D eigenvalue weighted by Gasteiger charge is 2.50. The second-order valence-electron chi connectivity index (χ2n) is 10.9. The van der Waals surface area contributed by atoms with Crippen LogP contribution in [0.25, 0.3) is 10.4 Å². The Hall–Kier alpha value is -3.03. The number of carboxylic acid groups (broad SMARTS) is 1. The van der Waals surface area contributed by atoms with Gasteiger partial charge in [-0.25, -0.2) is 24.6 Å². The summed E-state index contributed by atoms with van der Waals surface area (Å²) in [5, 5.41) is 10.7. The highest BCUT2D eigenvalue weighted by Crippen LogP contribution is 2.52. The molecule has 8 nitrogen and oxygen atoms in total. The third-order valence-electron chi connectivity index (χ3n) is 7.12. The molecule has 0 spiro atoms. The van der Waals surface area contributed by atoms with Crippen LogP contribution >= 0.6 is 11.3 Å². The molecule has 0 unspecified atom stereocenters. The van der Waals surface area contributed by atoms with E-state index < -0.39 is 37.8 Å². The van der Waals surface area contributed by atoms with Gasteiger partial charge in [0.1, 0.15) is 16.3 Å². The maximum Gasteiger partial charge on any atom is 0.433 e. The Labute approximate surface area is 223 Å². The van der Waals surface area contributed by atoms with Crippen LogP contribution in [0.15, 0.2) is 36.7 Å². The molecular weight excluding hydrogens is 535 g/mol. The van der Waals surface area contributed by atoms with E-state index in [1.807, 2.05) is 0 Å². The molecule has 0 radical (unpaired) electrons. The van der Waals surface area contributed by atoms with Crippen LogP contribution in [0.1, 0.15) is 50.7 Å². The minimum absolute atomic E-state index is 0.0117. The van der Waals surface area contributed by atoms with E-state index in [1.165, 1.54) is 23.5 Å². The lowest BCUT2D eigenvalue weighted by Crippen LogP contribution is -2.51. The molecule has 38 heavy (non-hydrogen) atoms. The molecule has 204 valence electrons. The Morgan fingerprint density at radius 2 is 1.87 bits per heavy atom. The first-order valence-corrected chi connectivity index (χ1v) is 15.8. The van der Waals surface area contributed by atoms with Gasteiger partial charge in [-0.05, 0) is 67.2 Å². The lowest BCUT2D eigenvalue weighted by molar-refractivity contribution is -0.141. The number of thiazole rings is 1. The van der Waals surface area contributed by atoms with Gasteiger partial charge >= 0.3 is 12.3 Å². The molecule has 3 N–H and O–H groups in total. The number of aromatic nitrogens is 3. The van der Waals surface area contributed by atoms with Gasteiger partial charge in [0.2, 0.25) is 5.95 Å². The summed E-state index contributed by atoms with van der Waals surface area (Å²) in [4.78, 5) is 25.3. The highest BCUT2D eigenvalue weighted by atomic mass is 32.1. The first kappa shape index (κ1) is 28.0. The molecule has 2 aromatic heterocycles. The summed E-state index contributed by atoms with van der Waals surface area (Å²) < 4.78 is 46.4. The molecule has 1 saturated carbocycles. The van der Waals surface area contributed by atoms with E-state index in [1.54, 1.807) is 12.3 Å². The van der Waals surface area contributed by atoms with Gasteiger partial charge < -0.3 is 15.3 Å². The van der Waals surface area contributed by atoms with Crippen molar-refractivity contribution in [1.29, 1.82) is 0 Å². The average molecular weight is 566 g/mol. The summed E-state index contributed by atoms with van der Waals surface area (Å²) in [6.07, 6.45) is -0.976. The van der Waals surface area contributed by atoms with Crippen molar-refractivity contribution in [2.75, 3.05) is 10.6 Å². The molecule has 4 rings (SSSR count). The standard InChI is InChI=1S/C25H30F3N5O3SSi/c1-23(2,3)38(4,5)36-24(8-6-9-24)20-31-14-18(37-20)15-11-16(29)13-17(12-15)33(22(34)35)21-30-10-7-19(32-21)25(26,27)28/h7,10-14H,6,8-9,29H2,1-5H3,(H,34,35). The molecular formula is C25H30F3N5O3SSi. The molecule has 1 aromatic carbocycles. The maximum absolute atomic E-state index is 13.2. The third-order valence-corrected chi connectivity index (χ3v) is 12.9. The van der Waals surface area contributed by atoms with Gasteiger partial charge in [0.05, 0.1) is 10.6 Å². The van der Waals surface area contributed by atoms with E-state index in [2.05, 4.69) is 48.8 Å².